The zero-order valence-electron chi connectivity index (χ0n) is 8.57. The maximum Gasteiger partial charge on any atom is 0.240 e. The van der Waals surface area contributed by atoms with Gasteiger partial charge in [0.15, 0.2) is 0 Å². The van der Waals surface area contributed by atoms with Crippen LogP contribution in [0.5, 0.6) is 0 Å². The molecule has 1 aliphatic heterocycles. The first-order valence-electron chi connectivity index (χ1n) is 5.00. The maximum absolute atomic E-state index is 11.8. The lowest BCUT2D eigenvalue weighted by molar-refractivity contribution is -0.132. The molecule has 4 heteroatoms. The molecule has 0 aromatic heterocycles. The van der Waals surface area contributed by atoms with E-state index in [2.05, 4.69) is 11.9 Å². The minimum absolute atomic E-state index is 0.0592. The van der Waals surface area contributed by atoms with Crippen molar-refractivity contribution in [2.45, 2.75) is 25.5 Å². The number of hydrogen-bond acceptors (Lipinski definition) is 3. The summed E-state index contributed by atoms with van der Waals surface area (Å²) in [4.78, 5) is 13.5. The predicted octanol–water partition coefficient (Wildman–Crippen LogP) is -0.256. The van der Waals surface area contributed by atoms with E-state index in [0.29, 0.717) is 26.1 Å². The highest BCUT2D eigenvalue weighted by atomic mass is 16.3. The molecule has 80 valence electrons. The molecule has 2 N–H and O–H groups in total. The SMILES string of the molecule is C=CCN(CC)C(=O)C1CC(O)CN1. The third kappa shape index (κ3) is 2.56. The van der Waals surface area contributed by atoms with Gasteiger partial charge in [0, 0.05) is 19.6 Å². The Morgan fingerprint density at radius 1 is 1.79 bits per heavy atom. The monoisotopic (exact) mass is 198 g/mol. The summed E-state index contributed by atoms with van der Waals surface area (Å²) < 4.78 is 0. The molecule has 14 heavy (non-hydrogen) atoms. The predicted molar refractivity (Wildman–Crippen MR) is 54.9 cm³/mol. The molecule has 1 heterocycles. The number of carbonyl (C=O) groups is 1. The Hall–Kier alpha value is -0.870. The van der Waals surface area contributed by atoms with Gasteiger partial charge < -0.3 is 15.3 Å². The molecule has 0 aromatic carbocycles. The van der Waals surface area contributed by atoms with E-state index in [-0.39, 0.29) is 18.1 Å². The molecule has 0 saturated carbocycles. The summed E-state index contributed by atoms with van der Waals surface area (Å²) in [6.07, 6.45) is 1.85. The van der Waals surface area contributed by atoms with Crippen molar-refractivity contribution >= 4 is 5.91 Å². The number of nitrogens with one attached hydrogen (secondary N) is 1. The van der Waals surface area contributed by atoms with Gasteiger partial charge >= 0.3 is 0 Å². The molecule has 1 rings (SSSR count). The van der Waals surface area contributed by atoms with E-state index in [9.17, 15) is 9.90 Å². The third-order valence-corrected chi connectivity index (χ3v) is 2.45. The number of amides is 1. The number of aliphatic hydroxyl groups is 1. The van der Waals surface area contributed by atoms with E-state index >= 15 is 0 Å². The summed E-state index contributed by atoms with van der Waals surface area (Å²) in [5.74, 6) is 0.0592. The molecular weight excluding hydrogens is 180 g/mol. The normalized spacial score (nSPS) is 26.1. The lowest BCUT2D eigenvalue weighted by Crippen LogP contribution is -2.43. The smallest absolute Gasteiger partial charge is 0.240 e. The van der Waals surface area contributed by atoms with Crippen LogP contribution in [-0.4, -0.2) is 47.7 Å². The highest BCUT2D eigenvalue weighted by Gasteiger charge is 2.30. The lowest BCUT2D eigenvalue weighted by Gasteiger charge is -2.22. The molecule has 0 radical (unpaired) electrons. The zero-order chi connectivity index (χ0) is 10.6. The second-order valence-corrected chi connectivity index (χ2v) is 3.52. The second-order valence-electron chi connectivity index (χ2n) is 3.52. The molecular formula is C10H18N2O2. The van der Waals surface area contributed by atoms with Crippen molar-refractivity contribution in [1.82, 2.24) is 10.2 Å². The molecule has 0 bridgehead atoms. The van der Waals surface area contributed by atoms with Gasteiger partial charge in [0.2, 0.25) is 5.91 Å². The molecule has 0 aliphatic carbocycles. The van der Waals surface area contributed by atoms with Gasteiger partial charge in [-0.15, -0.1) is 6.58 Å². The topological polar surface area (TPSA) is 52.6 Å². The highest BCUT2D eigenvalue weighted by molar-refractivity contribution is 5.82. The number of β-amino-alcohol motifs (C(OH)–C–C–N with tert-alkyl or cyclic N) is 1. The third-order valence-electron chi connectivity index (χ3n) is 2.45. The van der Waals surface area contributed by atoms with Crippen LogP contribution < -0.4 is 5.32 Å². The van der Waals surface area contributed by atoms with Crippen LogP contribution in [0.4, 0.5) is 0 Å². The van der Waals surface area contributed by atoms with Gasteiger partial charge in [-0.3, -0.25) is 4.79 Å². The largest absolute Gasteiger partial charge is 0.392 e. The highest BCUT2D eigenvalue weighted by Crippen LogP contribution is 2.09. The summed E-state index contributed by atoms with van der Waals surface area (Å²) >= 11 is 0. The van der Waals surface area contributed by atoms with Crippen molar-refractivity contribution in [3.05, 3.63) is 12.7 Å². The van der Waals surface area contributed by atoms with Crippen molar-refractivity contribution in [2.75, 3.05) is 19.6 Å². The Kier molecular flexibility index (Phi) is 4.10. The number of carbonyl (C=O) groups excluding carboxylic acids is 1. The van der Waals surface area contributed by atoms with Crippen molar-refractivity contribution in [1.29, 1.82) is 0 Å². The summed E-state index contributed by atoms with van der Waals surface area (Å²) in [6.45, 7) is 7.31. The fourth-order valence-corrected chi connectivity index (χ4v) is 1.66. The molecule has 1 saturated heterocycles. The standard InChI is InChI=1S/C10H18N2O2/c1-3-5-12(4-2)10(14)9-6-8(13)7-11-9/h3,8-9,11,13H,1,4-7H2,2H3. The molecule has 2 atom stereocenters. The van der Waals surface area contributed by atoms with Crippen LogP contribution in [-0.2, 0) is 4.79 Å². The lowest BCUT2D eigenvalue weighted by atomic mass is 10.2. The van der Waals surface area contributed by atoms with E-state index in [0.717, 1.165) is 0 Å². The van der Waals surface area contributed by atoms with Crippen molar-refractivity contribution < 1.29 is 9.90 Å². The van der Waals surface area contributed by atoms with Crippen LogP contribution in [0.15, 0.2) is 12.7 Å². The first-order valence-corrected chi connectivity index (χ1v) is 5.00. The average Bonchev–Trinajstić information content (AvgIpc) is 2.60. The van der Waals surface area contributed by atoms with E-state index < -0.39 is 0 Å². The Morgan fingerprint density at radius 3 is 2.93 bits per heavy atom. The van der Waals surface area contributed by atoms with Gasteiger partial charge in [0.25, 0.3) is 0 Å². The van der Waals surface area contributed by atoms with Gasteiger partial charge in [-0.05, 0) is 13.3 Å². The van der Waals surface area contributed by atoms with Crippen LogP contribution in [0.3, 0.4) is 0 Å². The van der Waals surface area contributed by atoms with E-state index in [1.165, 1.54) is 0 Å². The van der Waals surface area contributed by atoms with Crippen molar-refractivity contribution in [3.8, 4) is 0 Å². The van der Waals surface area contributed by atoms with Crippen LogP contribution in [0.25, 0.3) is 0 Å². The molecule has 1 aliphatic rings. The quantitative estimate of drug-likeness (QED) is 0.612. The molecule has 0 spiro atoms. The van der Waals surface area contributed by atoms with Crippen LogP contribution >= 0.6 is 0 Å². The number of rotatable bonds is 4. The van der Waals surface area contributed by atoms with E-state index in [4.69, 9.17) is 0 Å². The summed E-state index contributed by atoms with van der Waals surface area (Å²) in [6, 6.07) is -0.218. The van der Waals surface area contributed by atoms with E-state index in [1.807, 2.05) is 6.92 Å². The van der Waals surface area contributed by atoms with Crippen molar-refractivity contribution in [2.24, 2.45) is 0 Å². The molecule has 4 nitrogen and oxygen atoms in total. The summed E-state index contributed by atoms with van der Waals surface area (Å²) in [5, 5.41) is 12.3. The van der Waals surface area contributed by atoms with E-state index in [1.54, 1.807) is 11.0 Å². The number of nitrogens with zero attached hydrogens (tertiary/aromatic N) is 1. The van der Waals surface area contributed by atoms with Crippen LogP contribution in [0, 0.1) is 0 Å². The fourth-order valence-electron chi connectivity index (χ4n) is 1.66. The first kappa shape index (κ1) is 11.2. The number of aliphatic hydroxyl groups excluding tert-OH is 1. The minimum atomic E-state index is -0.383. The van der Waals surface area contributed by atoms with Gasteiger partial charge in [0.05, 0.1) is 12.1 Å². The van der Waals surface area contributed by atoms with Gasteiger partial charge in [0.1, 0.15) is 0 Å². The van der Waals surface area contributed by atoms with Crippen LogP contribution in [0.2, 0.25) is 0 Å². The minimum Gasteiger partial charge on any atom is -0.392 e. The summed E-state index contributed by atoms with van der Waals surface area (Å²) in [7, 11) is 0. The second kappa shape index (κ2) is 5.12. The molecule has 1 fully saturated rings. The Morgan fingerprint density at radius 2 is 2.50 bits per heavy atom. The molecule has 0 aromatic rings. The molecule has 2 unspecified atom stereocenters. The summed E-state index contributed by atoms with van der Waals surface area (Å²) in [5.41, 5.74) is 0. The zero-order valence-corrected chi connectivity index (χ0v) is 8.57. The Balaban J connectivity index is 2.49. The maximum atomic E-state index is 11.8. The van der Waals surface area contributed by atoms with Gasteiger partial charge in [-0.2, -0.15) is 0 Å². The Labute approximate surface area is 84.6 Å². The van der Waals surface area contributed by atoms with Crippen LogP contribution in [0.1, 0.15) is 13.3 Å². The van der Waals surface area contributed by atoms with Gasteiger partial charge in [-0.1, -0.05) is 6.08 Å². The van der Waals surface area contributed by atoms with Crippen molar-refractivity contribution in [3.63, 3.8) is 0 Å². The number of hydrogen-bond donors (Lipinski definition) is 2. The fraction of sp³-hybridized carbons (Fsp3) is 0.700. The van der Waals surface area contributed by atoms with Gasteiger partial charge in [-0.25, -0.2) is 0 Å². The number of likely N-dealkylation sites (N-methyl/N-ethyl adjacent to an activating group) is 1. The average molecular weight is 198 g/mol. The first-order chi connectivity index (χ1) is 6.69. The molecule has 1 amide bonds. The Bertz CT molecular complexity index is 218.